The summed E-state index contributed by atoms with van der Waals surface area (Å²) < 4.78 is 1.79. The largest absolute Gasteiger partial charge is 0.481 e. The van der Waals surface area contributed by atoms with Crippen LogP contribution in [0.4, 0.5) is 0 Å². The molecule has 0 saturated carbocycles. The standard InChI is InChI=1S/C15H11ClN4O2S/c16-11-3-5-12(6-4-11)20-14(10-2-1-7-17-8-10)18-19-15(20)23-9-13(21)22/h1-8H,9H2,(H,21,22). The van der Waals surface area contributed by atoms with Gasteiger partial charge in [0.05, 0.1) is 5.75 Å². The zero-order valence-corrected chi connectivity index (χ0v) is 13.3. The SMILES string of the molecule is O=C(O)CSc1nnc(-c2cccnc2)n1-c1ccc(Cl)cc1. The number of rotatable bonds is 5. The molecule has 2 aromatic heterocycles. The van der Waals surface area contributed by atoms with E-state index < -0.39 is 5.97 Å². The quantitative estimate of drug-likeness (QED) is 0.715. The predicted octanol–water partition coefficient (Wildman–Crippen LogP) is 3.16. The van der Waals surface area contributed by atoms with Gasteiger partial charge in [-0.2, -0.15) is 0 Å². The summed E-state index contributed by atoms with van der Waals surface area (Å²) in [6.45, 7) is 0. The highest BCUT2D eigenvalue weighted by atomic mass is 35.5. The van der Waals surface area contributed by atoms with Crippen molar-refractivity contribution in [3.05, 3.63) is 53.8 Å². The Morgan fingerprint density at radius 3 is 2.65 bits per heavy atom. The number of carbonyl (C=O) groups is 1. The zero-order valence-electron chi connectivity index (χ0n) is 11.8. The van der Waals surface area contributed by atoms with Crippen molar-refractivity contribution < 1.29 is 9.90 Å². The van der Waals surface area contributed by atoms with Crippen molar-refractivity contribution in [3.63, 3.8) is 0 Å². The van der Waals surface area contributed by atoms with Gasteiger partial charge in [0, 0.05) is 28.7 Å². The number of hydrogen-bond acceptors (Lipinski definition) is 5. The molecule has 0 atom stereocenters. The Bertz CT molecular complexity index is 821. The van der Waals surface area contributed by atoms with Gasteiger partial charge in [-0.1, -0.05) is 23.4 Å². The normalized spacial score (nSPS) is 10.7. The van der Waals surface area contributed by atoms with E-state index in [0.29, 0.717) is 16.0 Å². The summed E-state index contributed by atoms with van der Waals surface area (Å²) in [7, 11) is 0. The van der Waals surface area contributed by atoms with E-state index in [9.17, 15) is 4.79 Å². The Labute approximate surface area is 141 Å². The van der Waals surface area contributed by atoms with Crippen LogP contribution >= 0.6 is 23.4 Å². The van der Waals surface area contributed by atoms with Crippen molar-refractivity contribution in [1.29, 1.82) is 0 Å². The molecule has 116 valence electrons. The van der Waals surface area contributed by atoms with Gasteiger partial charge < -0.3 is 5.11 Å². The van der Waals surface area contributed by atoms with Gasteiger partial charge in [-0.25, -0.2) is 0 Å². The van der Waals surface area contributed by atoms with Crippen LogP contribution in [0.2, 0.25) is 5.02 Å². The summed E-state index contributed by atoms with van der Waals surface area (Å²) in [5, 5.41) is 18.3. The summed E-state index contributed by atoms with van der Waals surface area (Å²) in [6, 6.07) is 10.9. The molecule has 6 nitrogen and oxygen atoms in total. The number of halogens is 1. The lowest BCUT2D eigenvalue weighted by Crippen LogP contribution is -2.03. The van der Waals surface area contributed by atoms with Crippen LogP contribution in [0.3, 0.4) is 0 Å². The lowest BCUT2D eigenvalue weighted by molar-refractivity contribution is -0.133. The highest BCUT2D eigenvalue weighted by molar-refractivity contribution is 7.99. The van der Waals surface area contributed by atoms with Crippen LogP contribution in [0, 0.1) is 0 Å². The molecule has 0 spiro atoms. The van der Waals surface area contributed by atoms with Crippen molar-refractivity contribution in [1.82, 2.24) is 19.7 Å². The molecule has 23 heavy (non-hydrogen) atoms. The smallest absolute Gasteiger partial charge is 0.313 e. The molecule has 0 aliphatic rings. The van der Waals surface area contributed by atoms with E-state index in [2.05, 4.69) is 15.2 Å². The molecular formula is C15H11ClN4O2S. The molecule has 3 rings (SSSR count). The first-order valence-corrected chi connectivity index (χ1v) is 7.98. The van der Waals surface area contributed by atoms with Gasteiger partial charge in [0.2, 0.25) is 0 Å². The van der Waals surface area contributed by atoms with Crippen LogP contribution in [0.25, 0.3) is 17.1 Å². The number of thioether (sulfide) groups is 1. The molecule has 1 N–H and O–H groups in total. The molecule has 8 heteroatoms. The maximum absolute atomic E-state index is 10.8. The molecule has 0 saturated heterocycles. The molecular weight excluding hydrogens is 336 g/mol. The van der Waals surface area contributed by atoms with Crippen molar-refractivity contribution in [2.75, 3.05) is 5.75 Å². The summed E-state index contributed by atoms with van der Waals surface area (Å²) >= 11 is 7.05. The van der Waals surface area contributed by atoms with Crippen molar-refractivity contribution in [3.8, 4) is 17.1 Å². The third-order valence-electron chi connectivity index (χ3n) is 2.96. The summed E-state index contributed by atoms with van der Waals surface area (Å²) in [4.78, 5) is 14.9. The molecule has 0 fully saturated rings. The summed E-state index contributed by atoms with van der Waals surface area (Å²) in [6.07, 6.45) is 3.36. The van der Waals surface area contributed by atoms with Crippen LogP contribution in [-0.4, -0.2) is 36.6 Å². The van der Waals surface area contributed by atoms with E-state index >= 15 is 0 Å². The Kier molecular flexibility index (Phi) is 4.59. The van der Waals surface area contributed by atoms with Crippen LogP contribution in [-0.2, 0) is 4.79 Å². The van der Waals surface area contributed by atoms with Gasteiger partial charge in [0.1, 0.15) is 0 Å². The van der Waals surface area contributed by atoms with Crippen LogP contribution in [0.15, 0.2) is 53.9 Å². The fourth-order valence-corrected chi connectivity index (χ4v) is 2.79. The lowest BCUT2D eigenvalue weighted by Gasteiger charge is -2.09. The second-order valence-electron chi connectivity index (χ2n) is 4.54. The van der Waals surface area contributed by atoms with Gasteiger partial charge in [0.25, 0.3) is 0 Å². The first-order chi connectivity index (χ1) is 11.1. The fourth-order valence-electron chi connectivity index (χ4n) is 1.99. The summed E-state index contributed by atoms with van der Waals surface area (Å²) in [5.41, 5.74) is 1.59. The predicted molar refractivity (Wildman–Crippen MR) is 88.0 cm³/mol. The number of carboxylic acid groups (broad SMARTS) is 1. The van der Waals surface area contributed by atoms with Crippen LogP contribution < -0.4 is 0 Å². The molecule has 2 heterocycles. The number of aromatic nitrogens is 4. The Morgan fingerprint density at radius 2 is 2.00 bits per heavy atom. The maximum atomic E-state index is 10.8. The first-order valence-electron chi connectivity index (χ1n) is 6.61. The Hall–Kier alpha value is -2.38. The van der Waals surface area contributed by atoms with Crippen molar-refractivity contribution >= 4 is 29.3 Å². The van der Waals surface area contributed by atoms with Crippen LogP contribution in [0.5, 0.6) is 0 Å². The van der Waals surface area contributed by atoms with Gasteiger partial charge in [0.15, 0.2) is 11.0 Å². The molecule has 0 aliphatic carbocycles. The second kappa shape index (κ2) is 6.80. The number of aliphatic carboxylic acids is 1. The van der Waals surface area contributed by atoms with E-state index in [1.807, 2.05) is 18.2 Å². The Morgan fingerprint density at radius 1 is 1.22 bits per heavy atom. The van der Waals surface area contributed by atoms with E-state index in [1.54, 1.807) is 35.2 Å². The summed E-state index contributed by atoms with van der Waals surface area (Å²) in [5.74, 6) is -0.421. The fraction of sp³-hybridized carbons (Fsp3) is 0.0667. The molecule has 0 unspecified atom stereocenters. The second-order valence-corrected chi connectivity index (χ2v) is 5.92. The average Bonchev–Trinajstić information content (AvgIpc) is 2.98. The number of nitrogens with zero attached hydrogens (tertiary/aromatic N) is 4. The van der Waals surface area contributed by atoms with E-state index in [4.69, 9.17) is 16.7 Å². The third-order valence-corrected chi connectivity index (χ3v) is 4.13. The lowest BCUT2D eigenvalue weighted by atomic mass is 10.2. The van der Waals surface area contributed by atoms with Gasteiger partial charge >= 0.3 is 5.97 Å². The molecule has 3 aromatic rings. The first kappa shape index (κ1) is 15.5. The molecule has 0 bridgehead atoms. The third kappa shape index (κ3) is 3.52. The van der Waals surface area contributed by atoms with E-state index in [-0.39, 0.29) is 5.75 Å². The Balaban J connectivity index is 2.10. The molecule has 1 aromatic carbocycles. The average molecular weight is 347 g/mol. The van der Waals surface area contributed by atoms with Gasteiger partial charge in [-0.3, -0.25) is 14.3 Å². The number of hydrogen-bond donors (Lipinski definition) is 1. The number of pyridine rings is 1. The minimum absolute atomic E-state index is 0.0984. The van der Waals surface area contributed by atoms with Crippen molar-refractivity contribution in [2.45, 2.75) is 5.16 Å². The minimum Gasteiger partial charge on any atom is -0.481 e. The monoisotopic (exact) mass is 346 g/mol. The topological polar surface area (TPSA) is 80.9 Å². The molecule has 0 amide bonds. The molecule has 0 aliphatic heterocycles. The minimum atomic E-state index is -0.913. The van der Waals surface area contributed by atoms with Gasteiger partial charge in [-0.15, -0.1) is 10.2 Å². The highest BCUT2D eigenvalue weighted by Crippen LogP contribution is 2.28. The van der Waals surface area contributed by atoms with E-state index in [0.717, 1.165) is 23.0 Å². The van der Waals surface area contributed by atoms with Crippen molar-refractivity contribution in [2.24, 2.45) is 0 Å². The number of benzene rings is 1. The maximum Gasteiger partial charge on any atom is 0.313 e. The number of carboxylic acids is 1. The van der Waals surface area contributed by atoms with Gasteiger partial charge in [-0.05, 0) is 36.4 Å². The van der Waals surface area contributed by atoms with E-state index in [1.165, 1.54) is 0 Å². The highest BCUT2D eigenvalue weighted by Gasteiger charge is 2.17. The molecule has 0 radical (unpaired) electrons. The zero-order chi connectivity index (χ0) is 16.2. The van der Waals surface area contributed by atoms with Crippen LogP contribution in [0.1, 0.15) is 0 Å².